The summed E-state index contributed by atoms with van der Waals surface area (Å²) in [6.45, 7) is 3.61. The first kappa shape index (κ1) is 13.5. The number of rotatable bonds is 5. The number of hydrogen-bond donors (Lipinski definition) is 0. The molecular weight excluding hydrogens is 220 g/mol. The van der Waals surface area contributed by atoms with E-state index in [1.54, 1.807) is 6.08 Å². The highest BCUT2D eigenvalue weighted by atomic mass is 16.5. The van der Waals surface area contributed by atoms with Crippen molar-refractivity contribution in [1.82, 2.24) is 0 Å². The van der Waals surface area contributed by atoms with Crippen molar-refractivity contribution in [1.29, 1.82) is 0 Å². The molecule has 0 spiro atoms. The molecule has 0 bridgehead atoms. The molecule has 1 aliphatic carbocycles. The van der Waals surface area contributed by atoms with Gasteiger partial charge < -0.3 is 9.47 Å². The average Bonchev–Trinajstić information content (AvgIpc) is 2.88. The van der Waals surface area contributed by atoms with Gasteiger partial charge in [-0.25, -0.2) is 0 Å². The van der Waals surface area contributed by atoms with Crippen molar-refractivity contribution < 1.29 is 19.1 Å². The molecule has 94 valence electrons. The normalized spacial score (nSPS) is 18.8. The van der Waals surface area contributed by atoms with Crippen molar-refractivity contribution in [2.24, 2.45) is 11.3 Å². The molecule has 4 nitrogen and oxygen atoms in total. The Kier molecular flexibility index (Phi) is 4.49. The Bertz CT molecular complexity index is 327. The molecule has 0 aromatic rings. The Morgan fingerprint density at radius 2 is 2.00 bits per heavy atom. The number of hydrogen-bond acceptors (Lipinski definition) is 4. The van der Waals surface area contributed by atoms with Gasteiger partial charge in [0.1, 0.15) is 0 Å². The fourth-order valence-corrected chi connectivity index (χ4v) is 2.34. The van der Waals surface area contributed by atoms with Crippen LogP contribution in [0.2, 0.25) is 0 Å². The van der Waals surface area contributed by atoms with Gasteiger partial charge in [-0.15, -0.1) is 6.58 Å². The van der Waals surface area contributed by atoms with Crippen LogP contribution < -0.4 is 0 Å². The van der Waals surface area contributed by atoms with Gasteiger partial charge in [-0.05, 0) is 19.3 Å². The summed E-state index contributed by atoms with van der Waals surface area (Å²) in [7, 11) is 2.56. The van der Waals surface area contributed by atoms with Gasteiger partial charge in [-0.1, -0.05) is 18.2 Å². The minimum absolute atomic E-state index is 0.180. The molecule has 0 N–H and O–H groups in total. The molecule has 1 unspecified atom stereocenters. The Hall–Kier alpha value is -1.58. The molecule has 0 aromatic heterocycles. The topological polar surface area (TPSA) is 52.6 Å². The van der Waals surface area contributed by atoms with Crippen LogP contribution in [0.15, 0.2) is 24.8 Å². The predicted molar refractivity (Wildman–Crippen MR) is 63.1 cm³/mol. The zero-order valence-corrected chi connectivity index (χ0v) is 10.3. The second kappa shape index (κ2) is 5.66. The summed E-state index contributed by atoms with van der Waals surface area (Å²) in [4.78, 5) is 24.0. The minimum atomic E-state index is -1.28. The second-order valence-corrected chi connectivity index (χ2v) is 4.06. The van der Waals surface area contributed by atoms with Crippen LogP contribution in [0.5, 0.6) is 0 Å². The molecule has 0 amide bonds. The second-order valence-electron chi connectivity index (χ2n) is 4.06. The van der Waals surface area contributed by atoms with E-state index in [1.807, 2.05) is 12.2 Å². The van der Waals surface area contributed by atoms with Crippen molar-refractivity contribution >= 4 is 11.9 Å². The SMILES string of the molecule is C=CCC(C(=O)OC)(C(=O)OC)C1C=CCC1. The Balaban J connectivity index is 3.18. The zero-order valence-electron chi connectivity index (χ0n) is 10.3. The van der Waals surface area contributed by atoms with E-state index >= 15 is 0 Å². The fraction of sp³-hybridized carbons (Fsp3) is 0.538. The molecule has 1 rings (SSSR count). The number of ether oxygens (including phenoxy) is 2. The lowest BCUT2D eigenvalue weighted by Crippen LogP contribution is -2.46. The molecule has 0 fully saturated rings. The van der Waals surface area contributed by atoms with Crippen molar-refractivity contribution in [3.63, 3.8) is 0 Å². The minimum Gasteiger partial charge on any atom is -0.468 e. The smallest absolute Gasteiger partial charge is 0.324 e. The maximum absolute atomic E-state index is 12.0. The maximum Gasteiger partial charge on any atom is 0.324 e. The fourth-order valence-electron chi connectivity index (χ4n) is 2.34. The summed E-state index contributed by atoms with van der Waals surface area (Å²) < 4.78 is 9.56. The Morgan fingerprint density at radius 3 is 2.35 bits per heavy atom. The van der Waals surface area contributed by atoms with E-state index in [-0.39, 0.29) is 12.3 Å². The first-order valence-electron chi connectivity index (χ1n) is 5.57. The molecule has 0 heterocycles. The van der Waals surface area contributed by atoms with E-state index in [4.69, 9.17) is 9.47 Å². The molecule has 17 heavy (non-hydrogen) atoms. The average molecular weight is 238 g/mol. The van der Waals surface area contributed by atoms with Crippen molar-refractivity contribution in [3.05, 3.63) is 24.8 Å². The van der Waals surface area contributed by atoms with Crippen LogP contribution in [0.25, 0.3) is 0 Å². The van der Waals surface area contributed by atoms with Crippen LogP contribution in [-0.2, 0) is 19.1 Å². The molecule has 0 saturated heterocycles. The molecule has 0 saturated carbocycles. The van der Waals surface area contributed by atoms with Crippen LogP contribution >= 0.6 is 0 Å². The van der Waals surface area contributed by atoms with E-state index in [1.165, 1.54) is 14.2 Å². The van der Waals surface area contributed by atoms with Crippen LogP contribution in [0.3, 0.4) is 0 Å². The summed E-state index contributed by atoms with van der Waals surface area (Å²) in [6, 6.07) is 0. The number of allylic oxidation sites excluding steroid dienone is 3. The number of carbonyl (C=O) groups is 2. The summed E-state index contributed by atoms with van der Waals surface area (Å²) in [5.74, 6) is -1.29. The van der Waals surface area contributed by atoms with E-state index in [0.29, 0.717) is 0 Å². The summed E-state index contributed by atoms with van der Waals surface area (Å²) in [6.07, 6.45) is 7.24. The third-order valence-corrected chi connectivity index (χ3v) is 3.21. The number of carbonyl (C=O) groups excluding carboxylic acids is 2. The van der Waals surface area contributed by atoms with Crippen molar-refractivity contribution in [3.8, 4) is 0 Å². The molecule has 1 atom stereocenters. The zero-order chi connectivity index (χ0) is 12.9. The highest BCUT2D eigenvalue weighted by Gasteiger charge is 2.53. The molecule has 0 radical (unpaired) electrons. The van der Waals surface area contributed by atoms with Gasteiger partial charge in [0, 0.05) is 5.92 Å². The van der Waals surface area contributed by atoms with E-state index < -0.39 is 17.4 Å². The third kappa shape index (κ3) is 2.25. The van der Waals surface area contributed by atoms with Crippen LogP contribution in [0, 0.1) is 11.3 Å². The highest BCUT2D eigenvalue weighted by Crippen LogP contribution is 2.41. The van der Waals surface area contributed by atoms with Crippen LogP contribution in [0.1, 0.15) is 19.3 Å². The molecule has 0 aliphatic heterocycles. The van der Waals surface area contributed by atoms with Gasteiger partial charge >= 0.3 is 11.9 Å². The summed E-state index contributed by atoms with van der Waals surface area (Å²) >= 11 is 0. The standard InChI is InChI=1S/C13H18O4/c1-4-9-13(11(14)16-2,12(15)17-3)10-7-5-6-8-10/h4-5,7,10H,1,6,8-9H2,2-3H3. The van der Waals surface area contributed by atoms with Gasteiger partial charge in [0.15, 0.2) is 5.41 Å². The van der Waals surface area contributed by atoms with Crippen molar-refractivity contribution in [2.75, 3.05) is 14.2 Å². The number of methoxy groups -OCH3 is 2. The highest BCUT2D eigenvalue weighted by molar-refractivity contribution is 6.01. The largest absolute Gasteiger partial charge is 0.468 e. The monoisotopic (exact) mass is 238 g/mol. The quantitative estimate of drug-likeness (QED) is 0.417. The van der Waals surface area contributed by atoms with Gasteiger partial charge in [0.2, 0.25) is 0 Å². The van der Waals surface area contributed by atoms with Gasteiger partial charge in [-0.2, -0.15) is 0 Å². The van der Waals surface area contributed by atoms with Gasteiger partial charge in [0.25, 0.3) is 0 Å². The third-order valence-electron chi connectivity index (χ3n) is 3.21. The molecule has 4 heteroatoms. The van der Waals surface area contributed by atoms with Crippen molar-refractivity contribution in [2.45, 2.75) is 19.3 Å². The lowest BCUT2D eigenvalue weighted by molar-refractivity contribution is -0.172. The molecule has 1 aliphatic rings. The first-order chi connectivity index (χ1) is 8.13. The molecule has 0 aromatic carbocycles. The maximum atomic E-state index is 12.0. The lowest BCUT2D eigenvalue weighted by Gasteiger charge is -2.31. The van der Waals surface area contributed by atoms with E-state index in [9.17, 15) is 9.59 Å². The Labute approximate surface area is 101 Å². The van der Waals surface area contributed by atoms with Gasteiger partial charge in [-0.3, -0.25) is 9.59 Å². The first-order valence-corrected chi connectivity index (χ1v) is 5.57. The van der Waals surface area contributed by atoms with Crippen LogP contribution in [0.4, 0.5) is 0 Å². The summed E-state index contributed by atoms with van der Waals surface area (Å²) in [5.41, 5.74) is -1.28. The number of esters is 2. The summed E-state index contributed by atoms with van der Waals surface area (Å²) in [5, 5.41) is 0. The lowest BCUT2D eigenvalue weighted by atomic mass is 9.72. The van der Waals surface area contributed by atoms with Crippen LogP contribution in [-0.4, -0.2) is 26.2 Å². The van der Waals surface area contributed by atoms with E-state index in [2.05, 4.69) is 6.58 Å². The Morgan fingerprint density at radius 1 is 1.41 bits per heavy atom. The molecular formula is C13H18O4. The van der Waals surface area contributed by atoms with Gasteiger partial charge in [0.05, 0.1) is 14.2 Å². The predicted octanol–water partition coefficient (Wildman–Crippen LogP) is 1.86. The van der Waals surface area contributed by atoms with E-state index in [0.717, 1.165) is 12.8 Å².